The van der Waals surface area contributed by atoms with Crippen LogP contribution >= 0.6 is 15.9 Å². The van der Waals surface area contributed by atoms with E-state index in [2.05, 4.69) is 26.6 Å². The highest BCUT2D eigenvalue weighted by Crippen LogP contribution is 2.25. The molecule has 2 aromatic carbocycles. The van der Waals surface area contributed by atoms with E-state index < -0.39 is 15.8 Å². The largest absolute Gasteiger partial charge is 0.338 e. The van der Waals surface area contributed by atoms with Gasteiger partial charge in [0, 0.05) is 24.1 Å². The number of sulfonamides is 1. The molecule has 156 valence electrons. The predicted octanol–water partition coefficient (Wildman–Crippen LogP) is 4.20. The van der Waals surface area contributed by atoms with Crippen LogP contribution in [-0.2, 0) is 10.0 Å². The quantitative estimate of drug-likeness (QED) is 0.645. The molecule has 0 aliphatic carbocycles. The molecule has 6 nitrogen and oxygen atoms in total. The molecule has 9 heteroatoms. The Balaban J connectivity index is 1.42. The normalized spacial score (nSPS) is 15.8. The maximum atomic E-state index is 13.0. The number of piperidine rings is 1. The van der Waals surface area contributed by atoms with Gasteiger partial charge < -0.3 is 10.6 Å². The first-order valence-electron chi connectivity index (χ1n) is 9.41. The number of halogens is 2. The second-order valence-electron chi connectivity index (χ2n) is 6.95. The van der Waals surface area contributed by atoms with Gasteiger partial charge in [-0.25, -0.2) is 17.6 Å². The number of urea groups is 1. The number of amides is 2. The van der Waals surface area contributed by atoms with Crippen molar-refractivity contribution in [3.05, 3.63) is 58.8 Å². The third-order valence-electron chi connectivity index (χ3n) is 4.99. The summed E-state index contributed by atoms with van der Waals surface area (Å²) in [5.41, 5.74) is 0.698. The Labute approximate surface area is 178 Å². The fourth-order valence-corrected chi connectivity index (χ4v) is 5.17. The lowest BCUT2D eigenvalue weighted by Crippen LogP contribution is -2.39. The number of para-hydroxylation sites is 1. The summed E-state index contributed by atoms with van der Waals surface area (Å²) in [5, 5.41) is 5.63. The van der Waals surface area contributed by atoms with Crippen LogP contribution in [-0.4, -0.2) is 38.4 Å². The number of hydrogen-bond acceptors (Lipinski definition) is 3. The van der Waals surface area contributed by atoms with Gasteiger partial charge in [-0.2, -0.15) is 4.31 Å². The minimum absolute atomic E-state index is 0.114. The van der Waals surface area contributed by atoms with Crippen LogP contribution in [0.2, 0.25) is 0 Å². The summed E-state index contributed by atoms with van der Waals surface area (Å²) < 4.78 is 40.6. The lowest BCUT2D eigenvalue weighted by atomic mass is 9.95. The van der Waals surface area contributed by atoms with Crippen LogP contribution in [0, 0.1) is 11.7 Å². The summed E-state index contributed by atoms with van der Waals surface area (Å²) in [6, 6.07) is 12.0. The molecule has 2 N–H and O–H groups in total. The lowest BCUT2D eigenvalue weighted by molar-refractivity contribution is 0.245. The predicted molar refractivity (Wildman–Crippen MR) is 114 cm³/mol. The van der Waals surface area contributed by atoms with Crippen molar-refractivity contribution in [2.45, 2.75) is 24.2 Å². The Bertz CT molecular complexity index is 946. The molecular weight excluding hydrogens is 461 g/mol. The van der Waals surface area contributed by atoms with E-state index in [1.54, 1.807) is 6.07 Å². The van der Waals surface area contributed by atoms with Gasteiger partial charge in [-0.1, -0.05) is 12.1 Å². The summed E-state index contributed by atoms with van der Waals surface area (Å²) in [4.78, 5) is 12.1. The van der Waals surface area contributed by atoms with E-state index in [0.717, 1.165) is 35.9 Å². The maximum absolute atomic E-state index is 13.0. The number of rotatable bonds is 6. The topological polar surface area (TPSA) is 78.5 Å². The van der Waals surface area contributed by atoms with Gasteiger partial charge in [0.25, 0.3) is 0 Å². The molecule has 2 amide bonds. The van der Waals surface area contributed by atoms with Crippen LogP contribution in [0.25, 0.3) is 0 Å². The van der Waals surface area contributed by atoms with Gasteiger partial charge in [0.05, 0.1) is 10.6 Å². The van der Waals surface area contributed by atoms with Crippen LogP contribution in [0.5, 0.6) is 0 Å². The van der Waals surface area contributed by atoms with Gasteiger partial charge in [-0.3, -0.25) is 0 Å². The fourth-order valence-electron chi connectivity index (χ4n) is 3.31. The number of nitrogens with zero attached hydrogens (tertiary/aromatic N) is 1. The van der Waals surface area contributed by atoms with Crippen molar-refractivity contribution in [2.75, 3.05) is 25.0 Å². The average Bonchev–Trinajstić information content (AvgIpc) is 2.70. The summed E-state index contributed by atoms with van der Waals surface area (Å²) in [5.74, 6) is -0.114. The monoisotopic (exact) mass is 483 g/mol. The molecule has 0 radical (unpaired) electrons. The molecule has 29 heavy (non-hydrogen) atoms. The van der Waals surface area contributed by atoms with Gasteiger partial charge in [-0.05, 0) is 77.5 Å². The van der Waals surface area contributed by atoms with Gasteiger partial charge in [0.2, 0.25) is 10.0 Å². The molecule has 3 rings (SSSR count). The average molecular weight is 484 g/mol. The Hall–Kier alpha value is -1.97. The molecule has 0 spiro atoms. The minimum Gasteiger partial charge on any atom is -0.338 e. The van der Waals surface area contributed by atoms with E-state index in [9.17, 15) is 17.6 Å². The van der Waals surface area contributed by atoms with Crippen LogP contribution < -0.4 is 10.6 Å². The maximum Gasteiger partial charge on any atom is 0.319 e. The molecule has 0 unspecified atom stereocenters. The number of anilines is 1. The van der Waals surface area contributed by atoms with Crippen molar-refractivity contribution in [1.29, 1.82) is 0 Å². The van der Waals surface area contributed by atoms with Crippen molar-refractivity contribution < 1.29 is 17.6 Å². The zero-order valence-corrected chi connectivity index (χ0v) is 18.2. The first-order chi connectivity index (χ1) is 13.9. The van der Waals surface area contributed by atoms with Gasteiger partial charge in [-0.15, -0.1) is 0 Å². The van der Waals surface area contributed by atoms with E-state index in [1.807, 2.05) is 18.2 Å². The SMILES string of the molecule is O=C(NCCC1CCN(S(=O)(=O)c2ccc(F)cc2)CC1)Nc1ccccc1Br. The van der Waals surface area contributed by atoms with Gasteiger partial charge >= 0.3 is 6.03 Å². The second-order valence-corrected chi connectivity index (χ2v) is 9.74. The van der Waals surface area contributed by atoms with Crippen LogP contribution in [0.4, 0.5) is 14.9 Å². The minimum atomic E-state index is -3.59. The molecule has 0 atom stereocenters. The van der Waals surface area contributed by atoms with E-state index >= 15 is 0 Å². The molecule has 0 saturated carbocycles. The van der Waals surface area contributed by atoms with Crippen molar-refractivity contribution >= 4 is 37.7 Å². The molecule has 1 heterocycles. The first kappa shape index (κ1) is 21.7. The highest BCUT2D eigenvalue weighted by Gasteiger charge is 2.29. The van der Waals surface area contributed by atoms with Crippen LogP contribution in [0.3, 0.4) is 0 Å². The molecule has 1 saturated heterocycles. The summed E-state index contributed by atoms with van der Waals surface area (Å²) in [6.45, 7) is 1.37. The Kier molecular flexibility index (Phi) is 7.26. The van der Waals surface area contributed by atoms with E-state index in [0.29, 0.717) is 31.2 Å². The molecule has 1 aliphatic heterocycles. The standard InChI is InChI=1S/C20H23BrFN3O3S/c21-18-3-1-2-4-19(18)24-20(26)23-12-9-15-10-13-25(14-11-15)29(27,28)17-7-5-16(22)6-8-17/h1-8,15H,9-14H2,(H2,23,24,26). The van der Waals surface area contributed by atoms with Gasteiger partial charge in [0.15, 0.2) is 0 Å². The molecule has 2 aromatic rings. The van der Waals surface area contributed by atoms with Crippen molar-refractivity contribution in [2.24, 2.45) is 5.92 Å². The highest BCUT2D eigenvalue weighted by atomic mass is 79.9. The fraction of sp³-hybridized carbons (Fsp3) is 0.350. The number of benzene rings is 2. The number of carbonyl (C=O) groups is 1. The Morgan fingerprint density at radius 2 is 1.76 bits per heavy atom. The number of hydrogen-bond donors (Lipinski definition) is 2. The lowest BCUT2D eigenvalue weighted by Gasteiger charge is -2.31. The highest BCUT2D eigenvalue weighted by molar-refractivity contribution is 9.10. The molecular formula is C20H23BrFN3O3S. The van der Waals surface area contributed by atoms with Crippen LogP contribution in [0.1, 0.15) is 19.3 Å². The van der Waals surface area contributed by atoms with Gasteiger partial charge in [0.1, 0.15) is 5.82 Å². The van der Waals surface area contributed by atoms with Crippen molar-refractivity contribution in [1.82, 2.24) is 9.62 Å². The van der Waals surface area contributed by atoms with Crippen molar-refractivity contribution in [3.8, 4) is 0 Å². The second kappa shape index (κ2) is 9.69. The number of carbonyl (C=O) groups excluding carboxylic acids is 1. The van der Waals surface area contributed by atoms with E-state index in [4.69, 9.17) is 0 Å². The third kappa shape index (κ3) is 5.77. The molecule has 1 aliphatic rings. The summed E-state index contributed by atoms with van der Waals surface area (Å²) in [6.07, 6.45) is 2.25. The molecule has 1 fully saturated rings. The molecule has 0 bridgehead atoms. The van der Waals surface area contributed by atoms with Crippen LogP contribution in [0.15, 0.2) is 57.9 Å². The smallest absolute Gasteiger partial charge is 0.319 e. The molecule has 0 aromatic heterocycles. The Morgan fingerprint density at radius 3 is 2.41 bits per heavy atom. The zero-order chi connectivity index (χ0) is 20.9. The number of nitrogens with one attached hydrogen (secondary N) is 2. The van der Waals surface area contributed by atoms with E-state index in [1.165, 1.54) is 16.4 Å². The third-order valence-corrected chi connectivity index (χ3v) is 7.59. The first-order valence-corrected chi connectivity index (χ1v) is 11.6. The van der Waals surface area contributed by atoms with E-state index in [-0.39, 0.29) is 10.9 Å². The van der Waals surface area contributed by atoms with Crippen molar-refractivity contribution in [3.63, 3.8) is 0 Å². The summed E-state index contributed by atoms with van der Waals surface area (Å²) >= 11 is 3.38. The Morgan fingerprint density at radius 1 is 1.10 bits per heavy atom. The zero-order valence-electron chi connectivity index (χ0n) is 15.8. The summed E-state index contributed by atoms with van der Waals surface area (Å²) in [7, 11) is -3.59.